The predicted octanol–water partition coefficient (Wildman–Crippen LogP) is 6.44. The molecule has 0 saturated heterocycles. The maximum absolute atomic E-state index is 15.3. The number of halogens is 5. The van der Waals surface area contributed by atoms with Crippen LogP contribution in [-0.4, -0.2) is 25.1 Å². The third-order valence-electron chi connectivity index (χ3n) is 6.67. The lowest BCUT2D eigenvalue weighted by Gasteiger charge is -2.22. The summed E-state index contributed by atoms with van der Waals surface area (Å²) in [6.07, 6.45) is -4.99. The van der Waals surface area contributed by atoms with E-state index in [-0.39, 0.29) is 41.4 Å². The van der Waals surface area contributed by atoms with Crippen LogP contribution in [0.1, 0.15) is 23.9 Å². The van der Waals surface area contributed by atoms with Gasteiger partial charge in [0.1, 0.15) is 18.1 Å². The first-order chi connectivity index (χ1) is 20.0. The van der Waals surface area contributed by atoms with Crippen LogP contribution in [0.3, 0.4) is 0 Å². The van der Waals surface area contributed by atoms with Crippen molar-refractivity contribution in [2.75, 3.05) is 0 Å². The molecular weight excluding hydrogens is 576 g/mol. The zero-order valence-corrected chi connectivity index (χ0v) is 22.9. The van der Waals surface area contributed by atoms with E-state index in [0.29, 0.717) is 9.25 Å². The van der Waals surface area contributed by atoms with E-state index < -0.39 is 45.9 Å². The monoisotopic (exact) mass is 598 g/mol. The second-order valence-corrected chi connectivity index (χ2v) is 9.67. The number of allylic oxidation sites excluding steroid dienone is 1. The fourth-order valence-corrected chi connectivity index (χ4v) is 4.97. The summed E-state index contributed by atoms with van der Waals surface area (Å²) in [6, 6.07) is 18.2. The van der Waals surface area contributed by atoms with E-state index in [2.05, 4.69) is 11.7 Å². The van der Waals surface area contributed by atoms with Crippen LogP contribution in [0.4, 0.5) is 17.6 Å². The molecule has 0 fully saturated rings. The molecule has 2 heterocycles. The van der Waals surface area contributed by atoms with Crippen LogP contribution < -0.4 is 11.2 Å². The minimum atomic E-state index is -4.99. The van der Waals surface area contributed by atoms with Crippen molar-refractivity contribution in [3.8, 4) is 11.5 Å². The number of rotatable bonds is 8. The molecule has 5 rings (SSSR count). The zero-order valence-electron chi connectivity index (χ0n) is 22.2. The molecule has 0 N–H and O–H groups in total. The van der Waals surface area contributed by atoms with Gasteiger partial charge in [-0.15, -0.1) is 5.10 Å². The zero-order chi connectivity index (χ0) is 30.2. The van der Waals surface area contributed by atoms with Gasteiger partial charge in [-0.1, -0.05) is 72.8 Å². The number of nitrogens with zero attached hydrogens (tertiary/aromatic N) is 4. The Balaban J connectivity index is 1.84. The fourth-order valence-electron chi connectivity index (χ4n) is 4.72. The SMILES string of the molecule is C=C(c1c(-n2nc(COCc3ccccc3)n(CC)c2=O)n(-c2c(F)cccc2Cl)c(=O)c2ccccc12)C(F)(F)F. The van der Waals surface area contributed by atoms with Gasteiger partial charge < -0.3 is 4.74 Å². The summed E-state index contributed by atoms with van der Waals surface area (Å²) < 4.78 is 66.5. The predicted molar refractivity (Wildman–Crippen MR) is 152 cm³/mol. The molecule has 7 nitrogen and oxygen atoms in total. The number of alkyl halides is 3. The molecular formula is C30H23ClF4N4O3. The largest absolute Gasteiger partial charge is 0.416 e. The van der Waals surface area contributed by atoms with E-state index in [9.17, 15) is 22.8 Å². The Bertz CT molecular complexity index is 1910. The molecule has 2 aromatic heterocycles. The Labute approximate surface area is 241 Å². The van der Waals surface area contributed by atoms with Crippen LogP contribution in [0.2, 0.25) is 5.02 Å². The molecule has 0 bridgehead atoms. The Hall–Kier alpha value is -4.48. The smallest absolute Gasteiger partial charge is 0.369 e. The van der Waals surface area contributed by atoms with Gasteiger partial charge in [-0.25, -0.2) is 9.18 Å². The molecule has 0 aliphatic heterocycles. The van der Waals surface area contributed by atoms with Gasteiger partial charge in [-0.3, -0.25) is 13.9 Å². The highest BCUT2D eigenvalue weighted by Gasteiger charge is 2.38. The van der Waals surface area contributed by atoms with Gasteiger partial charge in [0.05, 0.1) is 17.2 Å². The van der Waals surface area contributed by atoms with Gasteiger partial charge in [0.2, 0.25) is 0 Å². The van der Waals surface area contributed by atoms with Crippen LogP contribution >= 0.6 is 11.6 Å². The van der Waals surface area contributed by atoms with Gasteiger partial charge in [0.15, 0.2) is 11.6 Å². The quantitative estimate of drug-likeness (QED) is 0.193. The van der Waals surface area contributed by atoms with Crippen LogP contribution in [0.5, 0.6) is 0 Å². The second-order valence-electron chi connectivity index (χ2n) is 9.26. The highest BCUT2D eigenvalue weighted by atomic mass is 35.5. The summed E-state index contributed by atoms with van der Waals surface area (Å²) in [4.78, 5) is 27.6. The average molecular weight is 599 g/mol. The van der Waals surface area contributed by atoms with Crippen molar-refractivity contribution >= 4 is 27.9 Å². The maximum atomic E-state index is 15.3. The van der Waals surface area contributed by atoms with Gasteiger partial charge in [0.25, 0.3) is 5.56 Å². The number of para-hydroxylation sites is 1. The number of hydrogen-bond donors (Lipinski definition) is 0. The third-order valence-corrected chi connectivity index (χ3v) is 6.97. The highest BCUT2D eigenvalue weighted by Crippen LogP contribution is 2.39. The van der Waals surface area contributed by atoms with Gasteiger partial charge in [0, 0.05) is 17.5 Å². The number of benzene rings is 3. The van der Waals surface area contributed by atoms with Crippen LogP contribution in [-0.2, 0) is 24.5 Å². The lowest BCUT2D eigenvalue weighted by atomic mass is 9.99. The first-order valence-corrected chi connectivity index (χ1v) is 13.1. The number of fused-ring (bicyclic) bond motifs is 1. The molecule has 3 aromatic carbocycles. The second kappa shape index (κ2) is 11.4. The first-order valence-electron chi connectivity index (χ1n) is 12.7. The Morgan fingerprint density at radius 3 is 2.26 bits per heavy atom. The van der Waals surface area contributed by atoms with Crippen LogP contribution in [0.15, 0.2) is 89.0 Å². The van der Waals surface area contributed by atoms with Crippen molar-refractivity contribution in [3.05, 3.63) is 128 Å². The van der Waals surface area contributed by atoms with E-state index in [0.717, 1.165) is 11.6 Å². The molecule has 0 atom stereocenters. The molecule has 12 heteroatoms. The van der Waals surface area contributed by atoms with E-state index in [1.54, 1.807) is 6.92 Å². The summed E-state index contributed by atoms with van der Waals surface area (Å²) in [5.74, 6) is -1.58. The topological polar surface area (TPSA) is 71.0 Å². The molecule has 42 heavy (non-hydrogen) atoms. The van der Waals surface area contributed by atoms with Crippen molar-refractivity contribution in [1.29, 1.82) is 0 Å². The maximum Gasteiger partial charge on any atom is 0.416 e. The Kier molecular flexibility index (Phi) is 7.89. The molecule has 0 spiro atoms. The van der Waals surface area contributed by atoms with Crippen LogP contribution in [0, 0.1) is 5.82 Å². The highest BCUT2D eigenvalue weighted by molar-refractivity contribution is 6.32. The summed E-state index contributed by atoms with van der Waals surface area (Å²) in [7, 11) is 0. The van der Waals surface area contributed by atoms with Gasteiger partial charge in [-0.2, -0.15) is 17.9 Å². The Morgan fingerprint density at radius 2 is 1.62 bits per heavy atom. The van der Waals surface area contributed by atoms with Crippen molar-refractivity contribution in [2.45, 2.75) is 32.9 Å². The molecule has 0 amide bonds. The van der Waals surface area contributed by atoms with E-state index in [1.807, 2.05) is 30.3 Å². The molecule has 216 valence electrons. The van der Waals surface area contributed by atoms with Gasteiger partial charge >= 0.3 is 11.9 Å². The number of aromatic nitrogens is 4. The first kappa shape index (κ1) is 29.0. The van der Waals surface area contributed by atoms with Gasteiger partial charge in [-0.05, 0) is 36.1 Å². The van der Waals surface area contributed by atoms with Crippen molar-refractivity contribution < 1.29 is 22.3 Å². The fraction of sp³-hybridized carbons (Fsp3) is 0.167. The number of ether oxygens (including phenoxy) is 1. The Morgan fingerprint density at radius 1 is 0.952 bits per heavy atom. The molecule has 0 aliphatic carbocycles. The van der Waals surface area contributed by atoms with Crippen molar-refractivity contribution in [3.63, 3.8) is 0 Å². The van der Waals surface area contributed by atoms with Crippen LogP contribution in [0.25, 0.3) is 27.9 Å². The summed E-state index contributed by atoms with van der Waals surface area (Å²) >= 11 is 6.32. The number of hydrogen-bond acceptors (Lipinski definition) is 4. The summed E-state index contributed by atoms with van der Waals surface area (Å²) in [5.41, 5.74) is -3.47. The standard InChI is InChI=1S/C30H23ClF4N4O3/c1-3-37-24(17-42-16-19-10-5-4-6-11-19)36-39(29(37)41)27-25(18(2)30(33,34)35)20-12-7-8-13-21(20)28(40)38(27)26-22(31)14-9-15-23(26)32/h4-15H,2-3,16-17H2,1H3. The summed E-state index contributed by atoms with van der Waals surface area (Å²) in [5, 5.41) is 3.72. The molecule has 5 aromatic rings. The number of pyridine rings is 1. The molecule has 0 aliphatic rings. The van der Waals surface area contributed by atoms with E-state index >= 15 is 4.39 Å². The third kappa shape index (κ3) is 5.17. The molecule has 0 unspecified atom stereocenters. The molecule has 0 radical (unpaired) electrons. The van der Waals surface area contributed by atoms with E-state index in [1.165, 1.54) is 41.0 Å². The van der Waals surface area contributed by atoms with Crippen molar-refractivity contribution in [1.82, 2.24) is 18.9 Å². The van der Waals surface area contributed by atoms with Crippen molar-refractivity contribution in [2.24, 2.45) is 0 Å². The minimum absolute atomic E-state index is 0.0776. The minimum Gasteiger partial charge on any atom is -0.369 e. The molecule has 0 saturated carbocycles. The van der Waals surface area contributed by atoms with E-state index in [4.69, 9.17) is 16.3 Å². The normalized spacial score (nSPS) is 11.8. The average Bonchev–Trinajstić information content (AvgIpc) is 3.28. The lowest BCUT2D eigenvalue weighted by molar-refractivity contribution is -0.0686. The lowest BCUT2D eigenvalue weighted by Crippen LogP contribution is -2.33. The summed E-state index contributed by atoms with van der Waals surface area (Å²) in [6.45, 7) is 4.98.